The van der Waals surface area contributed by atoms with Crippen LogP contribution < -0.4 is 5.32 Å². The zero-order chi connectivity index (χ0) is 18.3. The van der Waals surface area contributed by atoms with E-state index in [0.29, 0.717) is 17.1 Å². The number of aromatic nitrogens is 1. The van der Waals surface area contributed by atoms with Gasteiger partial charge in [-0.15, -0.1) is 0 Å². The molecule has 128 valence electrons. The predicted octanol–water partition coefficient (Wildman–Crippen LogP) is 3.11. The molecule has 0 atom stereocenters. The minimum Gasteiger partial charge on any atom is -0.480 e. The normalized spacial score (nSPS) is 14.8. The second-order valence-corrected chi connectivity index (χ2v) is 6.04. The van der Waals surface area contributed by atoms with Crippen molar-refractivity contribution in [2.45, 2.75) is 5.41 Å². The van der Waals surface area contributed by atoms with Crippen LogP contribution in [0, 0.1) is 0 Å². The van der Waals surface area contributed by atoms with Gasteiger partial charge in [0.2, 0.25) is 5.41 Å². The molecule has 6 nitrogen and oxygen atoms in total. The Bertz CT molecular complexity index is 1070. The van der Waals surface area contributed by atoms with Gasteiger partial charge in [0.05, 0.1) is 16.9 Å². The number of nitrogens with one attached hydrogen (secondary N) is 1. The Hall–Kier alpha value is -3.67. The Balaban J connectivity index is 1.95. The highest BCUT2D eigenvalue weighted by atomic mass is 16.4. The summed E-state index contributed by atoms with van der Waals surface area (Å²) in [5.41, 5.74) is 0.00580. The first-order chi connectivity index (χ1) is 12.5. The van der Waals surface area contributed by atoms with Crippen LogP contribution >= 0.6 is 0 Å². The fourth-order valence-electron chi connectivity index (χ4n) is 3.21. The van der Waals surface area contributed by atoms with E-state index in [0.717, 1.165) is 10.9 Å². The Labute approximate surface area is 148 Å². The average Bonchev–Trinajstić information content (AvgIpc) is 2.66. The summed E-state index contributed by atoms with van der Waals surface area (Å²) in [5.74, 6) is -2.89. The molecule has 0 spiro atoms. The molecule has 6 heteroatoms. The molecule has 0 saturated heterocycles. The molecule has 0 aliphatic carbocycles. The highest BCUT2D eigenvalue weighted by molar-refractivity contribution is 6.11. The summed E-state index contributed by atoms with van der Waals surface area (Å²) in [7, 11) is 0. The van der Waals surface area contributed by atoms with E-state index in [1.54, 1.807) is 24.3 Å². The second-order valence-electron chi connectivity index (χ2n) is 6.04. The average molecular weight is 346 g/mol. The number of pyridine rings is 1. The molecular weight excluding hydrogens is 332 g/mol. The first-order valence-electron chi connectivity index (χ1n) is 7.95. The number of hydrogen-bond acceptors (Lipinski definition) is 4. The summed E-state index contributed by atoms with van der Waals surface area (Å²) in [6.07, 6.45) is 1.22. The highest BCUT2D eigenvalue weighted by Crippen LogP contribution is 2.40. The summed E-state index contributed by atoms with van der Waals surface area (Å²) in [6, 6.07) is 17.6. The Morgan fingerprint density at radius 3 is 2.35 bits per heavy atom. The van der Waals surface area contributed by atoms with Crippen LogP contribution in [0.15, 0.2) is 66.7 Å². The number of para-hydroxylation sites is 2. The number of nitrogens with zero attached hydrogens (tertiary/aromatic N) is 1. The van der Waals surface area contributed by atoms with Gasteiger partial charge in [-0.3, -0.25) is 9.59 Å². The standard InChI is InChI=1S/C20H14N2O4/c23-18(24)20(19(25)26)11-17(22-15-8-4-2-6-13(15)20)16-10-9-12-5-1-3-7-14(12)21-16/h1-11,22H,(H,23,24)(H,25,26). The van der Waals surface area contributed by atoms with Crippen molar-refractivity contribution in [3.63, 3.8) is 0 Å². The van der Waals surface area contributed by atoms with Gasteiger partial charge in [0, 0.05) is 16.6 Å². The number of aliphatic carboxylic acids is 2. The fourth-order valence-corrected chi connectivity index (χ4v) is 3.21. The zero-order valence-corrected chi connectivity index (χ0v) is 13.5. The van der Waals surface area contributed by atoms with Crippen molar-refractivity contribution in [1.29, 1.82) is 0 Å². The van der Waals surface area contributed by atoms with Gasteiger partial charge in [-0.05, 0) is 24.3 Å². The summed E-state index contributed by atoms with van der Waals surface area (Å²) >= 11 is 0. The SMILES string of the molecule is O=C(O)C1(C(=O)O)C=C(c2ccc3ccccc3n2)Nc2ccccc21. The lowest BCUT2D eigenvalue weighted by Gasteiger charge is -2.30. The molecule has 2 aromatic carbocycles. The first kappa shape index (κ1) is 15.8. The molecule has 3 N–H and O–H groups in total. The van der Waals surface area contributed by atoms with Gasteiger partial charge in [-0.25, -0.2) is 4.98 Å². The van der Waals surface area contributed by atoms with Crippen molar-refractivity contribution in [1.82, 2.24) is 4.98 Å². The minimum atomic E-state index is -2.18. The lowest BCUT2D eigenvalue weighted by atomic mass is 9.76. The van der Waals surface area contributed by atoms with E-state index in [4.69, 9.17) is 0 Å². The summed E-state index contributed by atoms with van der Waals surface area (Å²) in [5, 5.41) is 23.6. The van der Waals surface area contributed by atoms with Crippen molar-refractivity contribution < 1.29 is 19.8 Å². The molecule has 3 aromatic rings. The maximum Gasteiger partial charge on any atom is 0.329 e. The summed E-state index contributed by atoms with van der Waals surface area (Å²) < 4.78 is 0. The number of benzene rings is 2. The molecule has 0 bridgehead atoms. The molecule has 4 rings (SSSR count). The van der Waals surface area contributed by atoms with Gasteiger partial charge in [-0.2, -0.15) is 0 Å². The van der Waals surface area contributed by atoms with E-state index in [2.05, 4.69) is 10.3 Å². The maximum absolute atomic E-state index is 12.0. The van der Waals surface area contributed by atoms with Crippen LogP contribution in [0.1, 0.15) is 11.3 Å². The third-order valence-electron chi connectivity index (χ3n) is 4.53. The highest BCUT2D eigenvalue weighted by Gasteiger charge is 2.50. The van der Waals surface area contributed by atoms with E-state index in [9.17, 15) is 19.8 Å². The Kier molecular flexibility index (Phi) is 3.47. The molecule has 0 amide bonds. The third-order valence-corrected chi connectivity index (χ3v) is 4.53. The van der Waals surface area contributed by atoms with Crippen molar-refractivity contribution in [2.75, 3.05) is 5.32 Å². The van der Waals surface area contributed by atoms with Crippen LogP contribution in [0.2, 0.25) is 0 Å². The van der Waals surface area contributed by atoms with Crippen molar-refractivity contribution >= 4 is 34.2 Å². The lowest BCUT2D eigenvalue weighted by molar-refractivity contribution is -0.154. The summed E-state index contributed by atoms with van der Waals surface area (Å²) in [6.45, 7) is 0. The van der Waals surface area contributed by atoms with Gasteiger partial charge in [0.25, 0.3) is 0 Å². The van der Waals surface area contributed by atoms with E-state index < -0.39 is 17.4 Å². The van der Waals surface area contributed by atoms with Gasteiger partial charge < -0.3 is 15.5 Å². The third kappa shape index (κ3) is 2.23. The number of anilines is 1. The first-order valence-corrected chi connectivity index (χ1v) is 7.95. The molecule has 1 aliphatic heterocycles. The van der Waals surface area contributed by atoms with Crippen LogP contribution in [-0.4, -0.2) is 27.1 Å². The Morgan fingerprint density at radius 2 is 1.58 bits per heavy atom. The van der Waals surface area contributed by atoms with Crippen LogP contribution in [-0.2, 0) is 15.0 Å². The topological polar surface area (TPSA) is 99.5 Å². The molecule has 0 radical (unpaired) electrons. The van der Waals surface area contributed by atoms with Crippen molar-refractivity contribution in [2.24, 2.45) is 0 Å². The van der Waals surface area contributed by atoms with Gasteiger partial charge in [-0.1, -0.05) is 42.5 Å². The van der Waals surface area contributed by atoms with Gasteiger partial charge in [0.1, 0.15) is 0 Å². The lowest BCUT2D eigenvalue weighted by Crippen LogP contribution is -2.44. The second kappa shape index (κ2) is 5.70. The fraction of sp³-hybridized carbons (Fsp3) is 0.0500. The predicted molar refractivity (Wildman–Crippen MR) is 96.7 cm³/mol. The molecular formula is C20H14N2O4. The number of carbonyl (C=O) groups is 2. The maximum atomic E-state index is 12.0. The number of fused-ring (bicyclic) bond motifs is 2. The molecule has 1 aliphatic rings. The Morgan fingerprint density at radius 1 is 0.885 bits per heavy atom. The minimum absolute atomic E-state index is 0.185. The molecule has 2 heterocycles. The summed E-state index contributed by atoms with van der Waals surface area (Å²) in [4.78, 5) is 28.5. The molecule has 0 unspecified atom stereocenters. The zero-order valence-electron chi connectivity index (χ0n) is 13.5. The van der Waals surface area contributed by atoms with Crippen LogP contribution in [0.25, 0.3) is 16.6 Å². The van der Waals surface area contributed by atoms with Crippen LogP contribution in [0.5, 0.6) is 0 Å². The number of hydrogen-bond donors (Lipinski definition) is 3. The van der Waals surface area contributed by atoms with E-state index >= 15 is 0 Å². The van der Waals surface area contributed by atoms with Gasteiger partial charge in [0.15, 0.2) is 0 Å². The number of rotatable bonds is 3. The van der Waals surface area contributed by atoms with E-state index in [1.165, 1.54) is 12.1 Å². The van der Waals surface area contributed by atoms with Crippen molar-refractivity contribution in [3.8, 4) is 0 Å². The van der Waals surface area contributed by atoms with E-state index in [1.807, 2.05) is 30.3 Å². The molecule has 0 saturated carbocycles. The van der Waals surface area contributed by atoms with E-state index in [-0.39, 0.29) is 5.56 Å². The molecule has 26 heavy (non-hydrogen) atoms. The van der Waals surface area contributed by atoms with Crippen LogP contribution in [0.4, 0.5) is 5.69 Å². The molecule has 0 fully saturated rings. The number of carboxylic acid groups (broad SMARTS) is 2. The molecule has 1 aromatic heterocycles. The monoisotopic (exact) mass is 346 g/mol. The van der Waals surface area contributed by atoms with Crippen molar-refractivity contribution in [3.05, 3.63) is 78.0 Å². The van der Waals surface area contributed by atoms with Crippen LogP contribution in [0.3, 0.4) is 0 Å². The smallest absolute Gasteiger partial charge is 0.329 e. The largest absolute Gasteiger partial charge is 0.480 e. The number of carboxylic acids is 2. The quantitative estimate of drug-likeness (QED) is 0.630. The van der Waals surface area contributed by atoms with Gasteiger partial charge >= 0.3 is 11.9 Å².